The second-order valence-corrected chi connectivity index (χ2v) is 8.44. The Bertz CT molecular complexity index is 367. The van der Waals surface area contributed by atoms with Crippen LogP contribution in [0.5, 0.6) is 0 Å². The fraction of sp³-hybridized carbons (Fsp3) is 0.538. The standard InChI is InChI=1S/C13H14Cl2Se/c14-11-7-8-6-10(11)13(12(8)15)16-9-4-2-1-3-5-9/h1-5,8,10-13H,6-7H2/t8-,10+,11+,12+,13+/m1/s1. The van der Waals surface area contributed by atoms with Crippen LogP contribution in [0, 0.1) is 11.8 Å². The van der Waals surface area contributed by atoms with E-state index in [1.54, 1.807) is 0 Å². The molecule has 2 fully saturated rings. The average Bonchev–Trinajstić information content (AvgIpc) is 2.80. The molecule has 3 heteroatoms. The maximum absolute atomic E-state index is 6.55. The molecule has 0 spiro atoms. The second-order valence-electron chi connectivity index (χ2n) is 4.75. The van der Waals surface area contributed by atoms with Gasteiger partial charge in [-0.05, 0) is 0 Å². The molecule has 0 aromatic heterocycles. The molecule has 2 saturated carbocycles. The van der Waals surface area contributed by atoms with Crippen molar-refractivity contribution in [1.82, 2.24) is 0 Å². The van der Waals surface area contributed by atoms with E-state index in [1.807, 2.05) is 0 Å². The number of benzene rings is 1. The predicted molar refractivity (Wildman–Crippen MR) is 71.1 cm³/mol. The van der Waals surface area contributed by atoms with Crippen molar-refractivity contribution < 1.29 is 0 Å². The Balaban J connectivity index is 1.76. The van der Waals surface area contributed by atoms with Crippen LogP contribution in [-0.4, -0.2) is 25.7 Å². The van der Waals surface area contributed by atoms with E-state index in [2.05, 4.69) is 30.3 Å². The van der Waals surface area contributed by atoms with Gasteiger partial charge >= 0.3 is 113 Å². The zero-order valence-corrected chi connectivity index (χ0v) is 12.1. The Kier molecular flexibility index (Phi) is 3.23. The number of fused-ring (bicyclic) bond motifs is 2. The maximum atomic E-state index is 6.55. The first kappa shape index (κ1) is 11.4. The van der Waals surface area contributed by atoms with E-state index in [0.717, 1.165) is 6.42 Å². The van der Waals surface area contributed by atoms with E-state index in [-0.39, 0.29) is 0 Å². The third-order valence-corrected chi connectivity index (χ3v) is 8.30. The van der Waals surface area contributed by atoms with Crippen LogP contribution in [0.2, 0.25) is 4.82 Å². The monoisotopic (exact) mass is 320 g/mol. The minimum atomic E-state index is 0.375. The number of hydrogen-bond acceptors (Lipinski definition) is 0. The zero-order valence-electron chi connectivity index (χ0n) is 8.85. The number of hydrogen-bond donors (Lipinski definition) is 0. The van der Waals surface area contributed by atoms with Crippen LogP contribution in [0.15, 0.2) is 30.3 Å². The van der Waals surface area contributed by atoms with Gasteiger partial charge in [0.05, 0.1) is 0 Å². The van der Waals surface area contributed by atoms with Crippen molar-refractivity contribution in [3.05, 3.63) is 30.3 Å². The molecule has 0 radical (unpaired) electrons. The van der Waals surface area contributed by atoms with Gasteiger partial charge < -0.3 is 0 Å². The summed E-state index contributed by atoms with van der Waals surface area (Å²) in [6.45, 7) is 0. The first-order chi connectivity index (χ1) is 7.75. The quantitative estimate of drug-likeness (QED) is 0.580. The molecule has 2 aliphatic carbocycles. The van der Waals surface area contributed by atoms with E-state index >= 15 is 0 Å². The number of halogens is 2. The molecule has 3 rings (SSSR count). The first-order valence-corrected chi connectivity index (χ1v) is 8.47. The SMILES string of the molecule is Cl[C@H]1[C@@H]2C[C@H]([C@@H]1[Se]c1ccccc1)[C@@H](Cl)C2. The summed E-state index contributed by atoms with van der Waals surface area (Å²) in [4.78, 5) is 0.651. The normalized spacial score (nSPS) is 41.5. The summed E-state index contributed by atoms with van der Waals surface area (Å²) in [6.07, 6.45) is 2.41. The molecular weight excluding hydrogens is 306 g/mol. The topological polar surface area (TPSA) is 0 Å². The molecule has 0 N–H and O–H groups in total. The van der Waals surface area contributed by atoms with Gasteiger partial charge in [0.1, 0.15) is 0 Å². The predicted octanol–water partition coefficient (Wildman–Crippen LogP) is 3.06. The Morgan fingerprint density at radius 1 is 1.06 bits per heavy atom. The molecule has 2 aliphatic rings. The van der Waals surface area contributed by atoms with Crippen LogP contribution in [0.4, 0.5) is 0 Å². The molecule has 0 nitrogen and oxygen atoms in total. The number of alkyl halides is 2. The van der Waals surface area contributed by atoms with Crippen LogP contribution in [0.1, 0.15) is 12.8 Å². The van der Waals surface area contributed by atoms with Crippen LogP contribution in [0.3, 0.4) is 0 Å². The molecule has 2 bridgehead atoms. The fourth-order valence-corrected chi connectivity index (χ4v) is 7.37. The van der Waals surface area contributed by atoms with E-state index in [4.69, 9.17) is 23.2 Å². The molecule has 5 atom stereocenters. The molecule has 0 amide bonds. The second kappa shape index (κ2) is 4.53. The summed E-state index contributed by atoms with van der Waals surface area (Å²) in [6, 6.07) is 10.7. The van der Waals surface area contributed by atoms with Crippen molar-refractivity contribution >= 4 is 42.6 Å². The van der Waals surface area contributed by atoms with Gasteiger partial charge in [0.15, 0.2) is 0 Å². The van der Waals surface area contributed by atoms with Gasteiger partial charge in [-0.3, -0.25) is 0 Å². The van der Waals surface area contributed by atoms with Crippen LogP contribution in [-0.2, 0) is 0 Å². The fourth-order valence-electron chi connectivity index (χ4n) is 2.97. The van der Waals surface area contributed by atoms with Crippen molar-refractivity contribution in [3.63, 3.8) is 0 Å². The Labute approximate surface area is 113 Å². The molecule has 16 heavy (non-hydrogen) atoms. The Hall–Kier alpha value is 0.319. The molecule has 86 valence electrons. The summed E-state index contributed by atoms with van der Waals surface area (Å²) in [5.74, 6) is 1.36. The van der Waals surface area contributed by atoms with Gasteiger partial charge in [-0.15, -0.1) is 0 Å². The minimum absolute atomic E-state index is 0.375. The molecular formula is C13H14Cl2Se. The van der Waals surface area contributed by atoms with E-state index in [0.29, 0.717) is 42.4 Å². The van der Waals surface area contributed by atoms with Crippen molar-refractivity contribution in [1.29, 1.82) is 0 Å². The van der Waals surface area contributed by atoms with E-state index in [9.17, 15) is 0 Å². The van der Waals surface area contributed by atoms with Gasteiger partial charge in [0, 0.05) is 0 Å². The van der Waals surface area contributed by atoms with Gasteiger partial charge in [-0.1, -0.05) is 0 Å². The summed E-state index contributed by atoms with van der Waals surface area (Å²) in [5.41, 5.74) is 0. The van der Waals surface area contributed by atoms with Crippen LogP contribution < -0.4 is 4.46 Å². The third kappa shape index (κ3) is 1.93. The molecule has 0 aliphatic heterocycles. The van der Waals surface area contributed by atoms with Gasteiger partial charge in [0.25, 0.3) is 0 Å². The van der Waals surface area contributed by atoms with Crippen molar-refractivity contribution in [3.8, 4) is 0 Å². The van der Waals surface area contributed by atoms with Crippen molar-refractivity contribution in [2.75, 3.05) is 0 Å². The van der Waals surface area contributed by atoms with E-state index in [1.165, 1.54) is 10.9 Å². The zero-order chi connectivity index (χ0) is 11.1. The third-order valence-electron chi connectivity index (χ3n) is 3.77. The van der Waals surface area contributed by atoms with E-state index < -0.39 is 0 Å². The number of rotatable bonds is 2. The summed E-state index contributed by atoms with van der Waals surface area (Å²) < 4.78 is 1.46. The van der Waals surface area contributed by atoms with Crippen LogP contribution >= 0.6 is 23.2 Å². The van der Waals surface area contributed by atoms with Crippen molar-refractivity contribution in [2.45, 2.75) is 28.4 Å². The Morgan fingerprint density at radius 2 is 1.81 bits per heavy atom. The molecule has 1 aromatic carbocycles. The molecule has 0 heterocycles. The molecule has 1 aromatic rings. The molecule has 0 saturated heterocycles. The van der Waals surface area contributed by atoms with Gasteiger partial charge in [-0.25, -0.2) is 0 Å². The van der Waals surface area contributed by atoms with Crippen LogP contribution in [0.25, 0.3) is 0 Å². The van der Waals surface area contributed by atoms with Gasteiger partial charge in [-0.2, -0.15) is 0 Å². The summed E-state index contributed by atoms with van der Waals surface area (Å²) in [7, 11) is 0. The molecule has 0 unspecified atom stereocenters. The first-order valence-electron chi connectivity index (χ1n) is 5.75. The van der Waals surface area contributed by atoms with Crippen molar-refractivity contribution in [2.24, 2.45) is 11.8 Å². The summed E-state index contributed by atoms with van der Waals surface area (Å²) in [5, 5.41) is 0.760. The Morgan fingerprint density at radius 3 is 2.50 bits per heavy atom. The summed E-state index contributed by atoms with van der Waals surface area (Å²) >= 11 is 13.4. The average molecular weight is 320 g/mol. The van der Waals surface area contributed by atoms with Gasteiger partial charge in [0.2, 0.25) is 0 Å².